The van der Waals surface area contributed by atoms with Crippen LogP contribution in [0.2, 0.25) is 5.02 Å². The van der Waals surface area contributed by atoms with Crippen LogP contribution >= 0.6 is 23.4 Å². The summed E-state index contributed by atoms with van der Waals surface area (Å²) < 4.78 is 0. The number of carboxylic acids is 1. The van der Waals surface area contributed by atoms with Gasteiger partial charge in [-0.1, -0.05) is 17.7 Å². The van der Waals surface area contributed by atoms with Crippen molar-refractivity contribution >= 4 is 58.2 Å². The molecule has 0 aliphatic rings. The fourth-order valence-corrected chi connectivity index (χ4v) is 3.92. The zero-order chi connectivity index (χ0) is 24.8. The number of anilines is 2. The molecule has 0 fully saturated rings. The lowest BCUT2D eigenvalue weighted by Crippen LogP contribution is -2.22. The van der Waals surface area contributed by atoms with Gasteiger partial charge in [-0.3, -0.25) is 19.7 Å². The summed E-state index contributed by atoms with van der Waals surface area (Å²) in [5.41, 5.74) is 0.827. The summed E-state index contributed by atoms with van der Waals surface area (Å²) in [5, 5.41) is 24.9. The number of rotatable bonds is 8. The van der Waals surface area contributed by atoms with Crippen molar-refractivity contribution in [1.82, 2.24) is 0 Å². The van der Waals surface area contributed by atoms with Crippen LogP contribution in [0.4, 0.5) is 17.1 Å². The molecule has 9 nitrogen and oxygen atoms in total. The smallest absolute Gasteiger partial charge is 0.335 e. The van der Waals surface area contributed by atoms with Gasteiger partial charge in [-0.05, 0) is 55.5 Å². The molecule has 3 rings (SSSR count). The van der Waals surface area contributed by atoms with Crippen LogP contribution in [-0.2, 0) is 4.79 Å². The Morgan fingerprint density at radius 2 is 1.68 bits per heavy atom. The zero-order valence-electron chi connectivity index (χ0n) is 17.7. The lowest BCUT2D eigenvalue weighted by molar-refractivity contribution is -0.384. The van der Waals surface area contributed by atoms with E-state index in [1.54, 1.807) is 31.2 Å². The van der Waals surface area contributed by atoms with Crippen molar-refractivity contribution in [1.29, 1.82) is 0 Å². The lowest BCUT2D eigenvalue weighted by Gasteiger charge is -2.14. The van der Waals surface area contributed by atoms with E-state index in [2.05, 4.69) is 10.6 Å². The molecule has 2 amide bonds. The standard InChI is InChI=1S/C23H18ClN3O6S/c1-13(21(28)26-20-11-15(23(30)31)7-10-19(20)24)34-18-4-2-3-16(12-18)25-22(29)14-5-8-17(9-6-14)27(32)33/h2-13H,1H3,(H,25,29)(H,26,28)(H,30,31). The molecule has 0 radical (unpaired) electrons. The number of nitro groups is 1. The second-order valence-electron chi connectivity index (χ2n) is 7.04. The van der Waals surface area contributed by atoms with Crippen LogP contribution in [-0.4, -0.2) is 33.1 Å². The van der Waals surface area contributed by atoms with Gasteiger partial charge in [0.25, 0.3) is 11.6 Å². The highest BCUT2D eigenvalue weighted by atomic mass is 35.5. The van der Waals surface area contributed by atoms with Gasteiger partial charge < -0.3 is 15.7 Å². The minimum Gasteiger partial charge on any atom is -0.478 e. The van der Waals surface area contributed by atoms with Crippen LogP contribution in [0.1, 0.15) is 27.6 Å². The number of amides is 2. The fourth-order valence-electron chi connectivity index (χ4n) is 2.83. The van der Waals surface area contributed by atoms with Crippen LogP contribution < -0.4 is 10.6 Å². The summed E-state index contributed by atoms with van der Waals surface area (Å²) >= 11 is 7.30. The topological polar surface area (TPSA) is 139 Å². The Bertz CT molecular complexity index is 1270. The molecule has 11 heteroatoms. The number of thioether (sulfide) groups is 1. The molecule has 1 atom stereocenters. The summed E-state index contributed by atoms with van der Waals surface area (Å²) in [6.45, 7) is 1.68. The first kappa shape index (κ1) is 24.7. The van der Waals surface area contributed by atoms with Crippen molar-refractivity contribution in [3.05, 3.63) is 93.0 Å². The zero-order valence-corrected chi connectivity index (χ0v) is 19.2. The molecule has 1 unspecified atom stereocenters. The van der Waals surface area contributed by atoms with Crippen molar-refractivity contribution in [2.75, 3.05) is 10.6 Å². The number of nitrogens with zero attached hydrogens (tertiary/aromatic N) is 1. The number of aromatic carboxylic acids is 1. The molecule has 3 aromatic rings. The number of benzene rings is 3. The third-order valence-electron chi connectivity index (χ3n) is 4.59. The maximum atomic E-state index is 12.6. The Hall–Kier alpha value is -3.89. The molecule has 0 aliphatic carbocycles. The van der Waals surface area contributed by atoms with Crippen molar-refractivity contribution < 1.29 is 24.4 Å². The van der Waals surface area contributed by atoms with Crippen LogP contribution in [0, 0.1) is 10.1 Å². The Morgan fingerprint density at radius 3 is 2.32 bits per heavy atom. The van der Waals surface area contributed by atoms with Crippen LogP contribution in [0.3, 0.4) is 0 Å². The second kappa shape index (κ2) is 10.8. The predicted molar refractivity (Wildman–Crippen MR) is 130 cm³/mol. The van der Waals surface area contributed by atoms with E-state index in [-0.39, 0.29) is 33.4 Å². The minimum atomic E-state index is -1.14. The monoisotopic (exact) mass is 499 g/mol. The van der Waals surface area contributed by atoms with Gasteiger partial charge in [0, 0.05) is 28.3 Å². The van der Waals surface area contributed by atoms with E-state index in [0.717, 1.165) is 0 Å². The summed E-state index contributed by atoms with van der Waals surface area (Å²) in [5.74, 6) is -1.95. The number of hydrogen-bond donors (Lipinski definition) is 3. The number of halogens is 1. The van der Waals surface area contributed by atoms with Gasteiger partial charge in [0.1, 0.15) is 0 Å². The van der Waals surface area contributed by atoms with E-state index >= 15 is 0 Å². The van der Waals surface area contributed by atoms with Crippen molar-refractivity contribution in [3.8, 4) is 0 Å². The SMILES string of the molecule is CC(Sc1cccc(NC(=O)c2ccc([N+](=O)[O-])cc2)c1)C(=O)Nc1cc(C(=O)O)ccc1Cl. The molecule has 3 aromatic carbocycles. The molecule has 0 aliphatic heterocycles. The first-order valence-electron chi connectivity index (χ1n) is 9.80. The highest BCUT2D eigenvalue weighted by Gasteiger charge is 2.18. The van der Waals surface area contributed by atoms with Crippen LogP contribution in [0.5, 0.6) is 0 Å². The molecule has 0 saturated heterocycles. The Kier molecular flexibility index (Phi) is 7.87. The van der Waals surface area contributed by atoms with Crippen molar-refractivity contribution in [2.24, 2.45) is 0 Å². The van der Waals surface area contributed by atoms with E-state index in [4.69, 9.17) is 16.7 Å². The summed E-state index contributed by atoms with van der Waals surface area (Å²) in [6.07, 6.45) is 0. The Labute approximate surface area is 203 Å². The van der Waals surface area contributed by atoms with Gasteiger partial charge in [-0.15, -0.1) is 11.8 Å². The first-order chi connectivity index (χ1) is 16.1. The van der Waals surface area contributed by atoms with Gasteiger partial charge in [0.2, 0.25) is 5.91 Å². The number of carbonyl (C=O) groups is 3. The highest BCUT2D eigenvalue weighted by molar-refractivity contribution is 8.00. The number of nitro benzene ring substituents is 1. The molecule has 174 valence electrons. The van der Waals surface area contributed by atoms with Crippen molar-refractivity contribution in [2.45, 2.75) is 17.1 Å². The summed E-state index contributed by atoms with van der Waals surface area (Å²) in [7, 11) is 0. The molecule has 0 spiro atoms. The second-order valence-corrected chi connectivity index (χ2v) is 8.86. The summed E-state index contributed by atoms with van der Waals surface area (Å²) in [4.78, 5) is 47.1. The quantitative estimate of drug-likeness (QED) is 0.216. The number of hydrogen-bond acceptors (Lipinski definition) is 6. The third-order valence-corrected chi connectivity index (χ3v) is 6.01. The Balaban J connectivity index is 1.64. The number of carboxylic acid groups (broad SMARTS) is 1. The van der Waals surface area contributed by atoms with Gasteiger partial charge in [-0.25, -0.2) is 4.79 Å². The van der Waals surface area contributed by atoms with Crippen LogP contribution in [0.15, 0.2) is 71.6 Å². The fraction of sp³-hybridized carbons (Fsp3) is 0.0870. The molecule has 0 bridgehead atoms. The Morgan fingerprint density at radius 1 is 1.00 bits per heavy atom. The number of non-ortho nitro benzene ring substituents is 1. The molecule has 0 saturated carbocycles. The average molecular weight is 500 g/mol. The minimum absolute atomic E-state index is 0.00327. The van der Waals surface area contributed by atoms with Gasteiger partial charge in [0.15, 0.2) is 0 Å². The first-order valence-corrected chi connectivity index (χ1v) is 11.1. The van der Waals surface area contributed by atoms with Gasteiger partial charge >= 0.3 is 5.97 Å². The molecule has 0 heterocycles. The van der Waals surface area contributed by atoms with E-state index in [0.29, 0.717) is 10.6 Å². The van der Waals surface area contributed by atoms with E-state index in [1.807, 2.05) is 0 Å². The van der Waals surface area contributed by atoms with E-state index in [1.165, 1.54) is 54.2 Å². The average Bonchev–Trinajstić information content (AvgIpc) is 2.80. The van der Waals surface area contributed by atoms with Gasteiger partial charge in [-0.2, -0.15) is 0 Å². The normalized spacial score (nSPS) is 11.4. The summed E-state index contributed by atoms with van der Waals surface area (Å²) in [6, 6.07) is 16.1. The van der Waals surface area contributed by atoms with Gasteiger partial charge in [0.05, 0.1) is 26.4 Å². The maximum Gasteiger partial charge on any atom is 0.335 e. The number of nitrogens with one attached hydrogen (secondary N) is 2. The molecule has 34 heavy (non-hydrogen) atoms. The van der Waals surface area contributed by atoms with Crippen molar-refractivity contribution in [3.63, 3.8) is 0 Å². The van der Waals surface area contributed by atoms with E-state index in [9.17, 15) is 24.5 Å². The lowest BCUT2D eigenvalue weighted by atomic mass is 10.2. The predicted octanol–water partition coefficient (Wildman–Crippen LogP) is 5.32. The maximum absolute atomic E-state index is 12.6. The van der Waals surface area contributed by atoms with E-state index < -0.39 is 22.0 Å². The molecule has 0 aromatic heterocycles. The molecular weight excluding hydrogens is 482 g/mol. The molecule has 3 N–H and O–H groups in total. The highest BCUT2D eigenvalue weighted by Crippen LogP contribution is 2.29. The third kappa shape index (κ3) is 6.33. The molecular formula is C23H18ClN3O6S. The van der Waals surface area contributed by atoms with Crippen LogP contribution in [0.25, 0.3) is 0 Å². The number of carbonyl (C=O) groups excluding carboxylic acids is 2. The largest absolute Gasteiger partial charge is 0.478 e.